The number of hydrogen-bond donors (Lipinski definition) is 1. The molecule has 3 rings (SSSR count). The van der Waals surface area contributed by atoms with Crippen molar-refractivity contribution in [2.45, 2.75) is 6.54 Å². The molecule has 0 saturated carbocycles. The number of ether oxygens (including phenoxy) is 1. The maximum Gasteiger partial charge on any atom is 0.190 e. The molecule has 0 unspecified atom stereocenters. The molecular formula is C18H17ClN2O2S. The molecule has 0 aliphatic heterocycles. The third-order valence-electron chi connectivity index (χ3n) is 3.56. The van der Waals surface area contributed by atoms with Crippen LogP contribution in [0.2, 0.25) is 5.02 Å². The average Bonchev–Trinajstić information content (AvgIpc) is 3.00. The largest absolute Gasteiger partial charge is 0.497 e. The topological polar surface area (TPSA) is 46.8 Å². The second-order valence-corrected chi connectivity index (χ2v) is 6.37. The Morgan fingerprint density at radius 3 is 2.46 bits per heavy atom. The monoisotopic (exact) mass is 360 g/mol. The van der Waals surface area contributed by atoms with Gasteiger partial charge in [0.2, 0.25) is 0 Å². The molecule has 3 aromatic rings. The van der Waals surface area contributed by atoms with Crippen LogP contribution in [0.25, 0.3) is 11.3 Å². The second-order valence-electron chi connectivity index (χ2n) is 5.10. The summed E-state index contributed by atoms with van der Waals surface area (Å²) in [7, 11) is 1.65. The molecule has 1 heterocycles. The minimum absolute atomic E-state index is 0.0493. The number of aliphatic hydroxyl groups excluding tert-OH is 1. The number of aromatic nitrogens is 1. The third kappa shape index (κ3) is 3.70. The molecule has 1 N–H and O–H groups in total. The van der Waals surface area contributed by atoms with Crippen molar-refractivity contribution < 1.29 is 9.84 Å². The van der Waals surface area contributed by atoms with Crippen LogP contribution in [0.4, 0.5) is 5.69 Å². The summed E-state index contributed by atoms with van der Waals surface area (Å²) in [5.41, 5.74) is 2.90. The highest BCUT2D eigenvalue weighted by Crippen LogP contribution is 2.23. The van der Waals surface area contributed by atoms with Crippen LogP contribution < -0.4 is 9.54 Å². The lowest BCUT2D eigenvalue weighted by Gasteiger charge is -2.08. The predicted molar refractivity (Wildman–Crippen MR) is 98.1 cm³/mol. The van der Waals surface area contributed by atoms with Crippen LogP contribution in [0.15, 0.2) is 58.9 Å². The summed E-state index contributed by atoms with van der Waals surface area (Å²) < 4.78 is 7.22. The summed E-state index contributed by atoms with van der Waals surface area (Å²) in [5.74, 6) is 0.814. The molecule has 0 aliphatic rings. The number of rotatable bonds is 5. The van der Waals surface area contributed by atoms with Crippen LogP contribution in [-0.4, -0.2) is 23.4 Å². The van der Waals surface area contributed by atoms with Gasteiger partial charge in [-0.05, 0) is 54.1 Å². The van der Waals surface area contributed by atoms with E-state index >= 15 is 0 Å². The van der Waals surface area contributed by atoms with Crippen molar-refractivity contribution in [1.29, 1.82) is 0 Å². The van der Waals surface area contributed by atoms with E-state index in [-0.39, 0.29) is 6.61 Å². The zero-order valence-electron chi connectivity index (χ0n) is 13.1. The van der Waals surface area contributed by atoms with Gasteiger partial charge in [0.1, 0.15) is 5.75 Å². The highest BCUT2D eigenvalue weighted by Gasteiger charge is 2.08. The van der Waals surface area contributed by atoms with E-state index in [9.17, 15) is 5.11 Å². The first kappa shape index (κ1) is 16.8. The van der Waals surface area contributed by atoms with E-state index in [0.717, 1.165) is 27.5 Å². The Bertz CT molecular complexity index is 867. The van der Waals surface area contributed by atoms with Gasteiger partial charge in [-0.1, -0.05) is 11.6 Å². The molecule has 0 atom stereocenters. The fraction of sp³-hybridized carbons (Fsp3) is 0.167. The lowest BCUT2D eigenvalue weighted by Crippen LogP contribution is -2.17. The SMILES string of the molecule is COc1ccc(-c2csc(=Nc3ccc(Cl)cc3)n2CCO)cc1. The highest BCUT2D eigenvalue weighted by molar-refractivity contribution is 7.07. The minimum Gasteiger partial charge on any atom is -0.497 e. The van der Waals surface area contributed by atoms with Crippen molar-refractivity contribution in [2.75, 3.05) is 13.7 Å². The zero-order chi connectivity index (χ0) is 16.9. The van der Waals surface area contributed by atoms with Crippen molar-refractivity contribution in [2.24, 2.45) is 4.99 Å². The lowest BCUT2D eigenvalue weighted by atomic mass is 10.1. The summed E-state index contributed by atoms with van der Waals surface area (Å²) in [6.45, 7) is 0.533. The summed E-state index contributed by atoms with van der Waals surface area (Å²) in [4.78, 5) is 5.50. The maximum atomic E-state index is 9.42. The number of benzene rings is 2. The second kappa shape index (κ2) is 7.66. The predicted octanol–water partition coefficient (Wildman–Crippen LogP) is 4.10. The molecular weight excluding hydrogens is 344 g/mol. The Balaban J connectivity index is 2.05. The van der Waals surface area contributed by atoms with Gasteiger partial charge in [-0.2, -0.15) is 0 Å². The van der Waals surface area contributed by atoms with E-state index in [4.69, 9.17) is 16.3 Å². The first-order chi connectivity index (χ1) is 11.7. The molecule has 0 radical (unpaired) electrons. The van der Waals surface area contributed by atoms with Crippen LogP contribution in [-0.2, 0) is 6.54 Å². The fourth-order valence-electron chi connectivity index (χ4n) is 2.35. The summed E-state index contributed by atoms with van der Waals surface area (Å²) in [5, 5.41) is 12.2. The minimum atomic E-state index is 0.0493. The van der Waals surface area contributed by atoms with E-state index in [1.807, 2.05) is 58.5 Å². The number of aliphatic hydroxyl groups is 1. The van der Waals surface area contributed by atoms with Gasteiger partial charge >= 0.3 is 0 Å². The maximum absolute atomic E-state index is 9.42. The molecule has 1 aromatic heterocycles. The van der Waals surface area contributed by atoms with E-state index in [1.165, 1.54) is 0 Å². The van der Waals surface area contributed by atoms with Gasteiger partial charge in [0.25, 0.3) is 0 Å². The Labute approximate surface area is 149 Å². The van der Waals surface area contributed by atoms with E-state index in [1.54, 1.807) is 18.4 Å². The van der Waals surface area contributed by atoms with Crippen molar-refractivity contribution in [3.8, 4) is 17.0 Å². The molecule has 2 aromatic carbocycles. The molecule has 24 heavy (non-hydrogen) atoms. The molecule has 0 saturated heterocycles. The molecule has 0 fully saturated rings. The van der Waals surface area contributed by atoms with E-state index in [2.05, 4.69) is 4.99 Å². The van der Waals surface area contributed by atoms with Crippen LogP contribution in [0, 0.1) is 0 Å². The first-order valence-electron chi connectivity index (χ1n) is 7.45. The Morgan fingerprint density at radius 1 is 1.12 bits per heavy atom. The van der Waals surface area contributed by atoms with Crippen LogP contribution in [0.1, 0.15) is 0 Å². The lowest BCUT2D eigenvalue weighted by molar-refractivity contribution is 0.275. The molecule has 0 spiro atoms. The molecule has 4 nitrogen and oxygen atoms in total. The van der Waals surface area contributed by atoms with Gasteiger partial charge in [-0.15, -0.1) is 11.3 Å². The van der Waals surface area contributed by atoms with Gasteiger partial charge in [-0.25, -0.2) is 4.99 Å². The zero-order valence-corrected chi connectivity index (χ0v) is 14.7. The molecule has 124 valence electrons. The quantitative estimate of drug-likeness (QED) is 0.744. The molecule has 0 aliphatic carbocycles. The van der Waals surface area contributed by atoms with E-state index in [0.29, 0.717) is 11.6 Å². The van der Waals surface area contributed by atoms with Gasteiger partial charge in [-0.3, -0.25) is 0 Å². The van der Waals surface area contributed by atoms with Gasteiger partial charge in [0, 0.05) is 16.9 Å². The fourth-order valence-corrected chi connectivity index (χ4v) is 3.43. The Morgan fingerprint density at radius 2 is 1.83 bits per heavy atom. The summed E-state index contributed by atoms with van der Waals surface area (Å²) in [6.07, 6.45) is 0. The smallest absolute Gasteiger partial charge is 0.190 e. The van der Waals surface area contributed by atoms with Crippen molar-refractivity contribution in [3.63, 3.8) is 0 Å². The van der Waals surface area contributed by atoms with Crippen LogP contribution in [0.3, 0.4) is 0 Å². The molecule has 0 amide bonds. The third-order valence-corrected chi connectivity index (χ3v) is 4.67. The Kier molecular flexibility index (Phi) is 5.35. The highest BCUT2D eigenvalue weighted by atomic mass is 35.5. The summed E-state index contributed by atoms with van der Waals surface area (Å²) >= 11 is 7.46. The van der Waals surface area contributed by atoms with Gasteiger partial charge in [0.05, 0.1) is 25.1 Å². The molecule has 0 bridgehead atoms. The normalized spacial score (nSPS) is 11.7. The van der Waals surface area contributed by atoms with Gasteiger partial charge < -0.3 is 14.4 Å². The van der Waals surface area contributed by atoms with Crippen molar-refractivity contribution >= 4 is 28.6 Å². The number of thiazole rings is 1. The van der Waals surface area contributed by atoms with Crippen molar-refractivity contribution in [3.05, 3.63) is 63.7 Å². The number of nitrogens with zero attached hydrogens (tertiary/aromatic N) is 2. The average molecular weight is 361 g/mol. The Hall–Kier alpha value is -2.08. The van der Waals surface area contributed by atoms with Crippen LogP contribution in [0.5, 0.6) is 5.75 Å². The van der Waals surface area contributed by atoms with Gasteiger partial charge in [0.15, 0.2) is 4.80 Å². The standard InChI is InChI=1S/C18H17ClN2O2S/c1-23-16-8-2-13(3-9-16)17-12-24-18(21(17)10-11-22)20-15-6-4-14(19)5-7-15/h2-9,12,22H,10-11H2,1H3. The van der Waals surface area contributed by atoms with E-state index < -0.39 is 0 Å². The number of methoxy groups -OCH3 is 1. The summed E-state index contributed by atoms with van der Waals surface area (Å²) in [6, 6.07) is 15.2. The number of hydrogen-bond acceptors (Lipinski definition) is 4. The van der Waals surface area contributed by atoms with Crippen molar-refractivity contribution in [1.82, 2.24) is 4.57 Å². The van der Waals surface area contributed by atoms with Crippen LogP contribution >= 0.6 is 22.9 Å². The molecule has 6 heteroatoms. The first-order valence-corrected chi connectivity index (χ1v) is 8.71. The number of halogens is 1.